The Morgan fingerprint density at radius 3 is 2.16 bits per heavy atom. The van der Waals surface area contributed by atoms with Gasteiger partial charge >= 0.3 is 5.97 Å². The predicted molar refractivity (Wildman–Crippen MR) is 101 cm³/mol. The van der Waals surface area contributed by atoms with E-state index in [9.17, 15) is 9.59 Å². The van der Waals surface area contributed by atoms with Crippen molar-refractivity contribution in [3.63, 3.8) is 0 Å². The molecule has 0 unspecified atom stereocenters. The van der Waals surface area contributed by atoms with Crippen molar-refractivity contribution in [3.05, 3.63) is 26.2 Å². The molecular formula is C16H18Cl4N2O3. The van der Waals surface area contributed by atoms with Crippen LogP contribution in [0.3, 0.4) is 0 Å². The van der Waals surface area contributed by atoms with Gasteiger partial charge < -0.3 is 10.1 Å². The van der Waals surface area contributed by atoms with Crippen molar-refractivity contribution in [3.8, 4) is 0 Å². The molecule has 1 aliphatic carbocycles. The second-order valence-electron chi connectivity index (χ2n) is 5.88. The summed E-state index contributed by atoms with van der Waals surface area (Å²) in [4.78, 5) is 24.5. The van der Waals surface area contributed by atoms with Gasteiger partial charge in [-0.15, -0.1) is 0 Å². The third-order valence-corrected chi connectivity index (χ3v) is 5.82. The van der Waals surface area contributed by atoms with Crippen molar-refractivity contribution in [2.75, 3.05) is 19.0 Å². The number of nitrogens with one attached hydrogen (secondary N) is 2. The molecule has 0 spiro atoms. The van der Waals surface area contributed by atoms with Gasteiger partial charge in [-0.25, -0.2) is 0 Å². The lowest BCUT2D eigenvalue weighted by Gasteiger charge is -2.35. The van der Waals surface area contributed by atoms with Gasteiger partial charge in [-0.1, -0.05) is 65.7 Å². The summed E-state index contributed by atoms with van der Waals surface area (Å²) < 4.78 is 4.90. The average Bonchev–Trinajstić information content (AvgIpc) is 2.62. The minimum atomic E-state index is -0.843. The van der Waals surface area contributed by atoms with Crippen molar-refractivity contribution in [2.24, 2.45) is 0 Å². The van der Waals surface area contributed by atoms with Gasteiger partial charge in [0.1, 0.15) is 5.54 Å². The van der Waals surface area contributed by atoms with Crippen LogP contribution >= 0.6 is 46.4 Å². The zero-order valence-corrected chi connectivity index (χ0v) is 16.6. The summed E-state index contributed by atoms with van der Waals surface area (Å²) in [5, 5.41) is 6.18. The SMILES string of the molecule is COC(=O)C1(NCC(=O)Nc2c(Cl)c(Cl)cc(Cl)c2Cl)CCCCC1. The van der Waals surface area contributed by atoms with E-state index in [4.69, 9.17) is 51.1 Å². The van der Waals surface area contributed by atoms with Gasteiger partial charge in [0.15, 0.2) is 0 Å². The van der Waals surface area contributed by atoms with Gasteiger partial charge in [0, 0.05) is 0 Å². The largest absolute Gasteiger partial charge is 0.468 e. The maximum absolute atomic E-state index is 12.3. The number of benzene rings is 1. The number of rotatable bonds is 5. The number of carbonyl (C=O) groups is 2. The molecule has 1 aliphatic rings. The van der Waals surface area contributed by atoms with E-state index < -0.39 is 11.4 Å². The fraction of sp³-hybridized carbons (Fsp3) is 0.500. The zero-order valence-electron chi connectivity index (χ0n) is 13.6. The van der Waals surface area contributed by atoms with Gasteiger partial charge in [0.2, 0.25) is 5.91 Å². The quantitative estimate of drug-likeness (QED) is 0.527. The molecule has 1 aromatic carbocycles. The number of hydrogen-bond acceptors (Lipinski definition) is 4. The summed E-state index contributed by atoms with van der Waals surface area (Å²) in [6, 6.07) is 1.40. The highest BCUT2D eigenvalue weighted by Gasteiger charge is 2.40. The Labute approximate surface area is 166 Å². The first kappa shape index (κ1) is 20.6. The highest BCUT2D eigenvalue weighted by atomic mass is 35.5. The van der Waals surface area contributed by atoms with E-state index in [-0.39, 0.29) is 38.3 Å². The van der Waals surface area contributed by atoms with Gasteiger partial charge in [-0.05, 0) is 18.9 Å². The van der Waals surface area contributed by atoms with Gasteiger partial charge in [-0.3, -0.25) is 14.9 Å². The fourth-order valence-corrected chi connectivity index (χ4v) is 3.82. The van der Waals surface area contributed by atoms with E-state index >= 15 is 0 Å². The number of anilines is 1. The Kier molecular flexibility index (Phi) is 7.23. The van der Waals surface area contributed by atoms with Crippen LogP contribution in [-0.4, -0.2) is 31.1 Å². The van der Waals surface area contributed by atoms with E-state index in [0.717, 1.165) is 19.3 Å². The van der Waals surface area contributed by atoms with Gasteiger partial charge in [0.05, 0.1) is 39.4 Å². The first-order valence-corrected chi connectivity index (χ1v) is 9.28. The first-order valence-electron chi connectivity index (χ1n) is 7.77. The van der Waals surface area contributed by atoms with Crippen molar-refractivity contribution >= 4 is 64.0 Å². The lowest BCUT2D eigenvalue weighted by molar-refractivity contribution is -0.150. The maximum atomic E-state index is 12.3. The highest BCUT2D eigenvalue weighted by molar-refractivity contribution is 6.50. The van der Waals surface area contributed by atoms with Crippen LogP contribution in [0.5, 0.6) is 0 Å². The van der Waals surface area contributed by atoms with Gasteiger partial charge in [0.25, 0.3) is 0 Å². The standard InChI is InChI=1S/C16H18Cl4N2O3/c1-25-15(24)16(5-3-2-4-6-16)21-8-11(23)22-14-12(19)9(17)7-10(18)13(14)20/h7,21H,2-6,8H2,1H3,(H,22,23). The molecule has 9 heteroatoms. The molecule has 1 amide bonds. The molecule has 0 radical (unpaired) electrons. The summed E-state index contributed by atoms with van der Waals surface area (Å²) >= 11 is 24.1. The molecule has 2 rings (SSSR count). The molecule has 0 heterocycles. The van der Waals surface area contributed by atoms with Crippen LogP contribution < -0.4 is 10.6 Å². The monoisotopic (exact) mass is 426 g/mol. The van der Waals surface area contributed by atoms with Crippen LogP contribution in [0, 0.1) is 0 Å². The van der Waals surface area contributed by atoms with Crippen molar-refractivity contribution in [2.45, 2.75) is 37.6 Å². The van der Waals surface area contributed by atoms with E-state index in [1.54, 1.807) is 0 Å². The molecule has 25 heavy (non-hydrogen) atoms. The first-order chi connectivity index (χ1) is 11.8. The maximum Gasteiger partial charge on any atom is 0.326 e. The Balaban J connectivity index is 2.09. The summed E-state index contributed by atoms with van der Waals surface area (Å²) in [6.07, 6.45) is 4.09. The topological polar surface area (TPSA) is 67.4 Å². The summed E-state index contributed by atoms with van der Waals surface area (Å²) in [7, 11) is 1.34. The zero-order chi connectivity index (χ0) is 18.6. The van der Waals surface area contributed by atoms with Crippen LogP contribution in [-0.2, 0) is 14.3 Å². The number of carbonyl (C=O) groups excluding carboxylic acids is 2. The summed E-state index contributed by atoms with van der Waals surface area (Å²) in [5.74, 6) is -0.780. The van der Waals surface area contributed by atoms with Crippen LogP contribution in [0.1, 0.15) is 32.1 Å². The molecular weight excluding hydrogens is 410 g/mol. The lowest BCUT2D eigenvalue weighted by atomic mass is 9.81. The molecule has 138 valence electrons. The fourth-order valence-electron chi connectivity index (χ4n) is 2.92. The molecule has 0 bridgehead atoms. The Morgan fingerprint density at radius 1 is 1.08 bits per heavy atom. The number of hydrogen-bond donors (Lipinski definition) is 2. The lowest BCUT2D eigenvalue weighted by Crippen LogP contribution is -2.55. The van der Waals surface area contributed by atoms with Crippen molar-refractivity contribution in [1.82, 2.24) is 5.32 Å². The number of methoxy groups -OCH3 is 1. The van der Waals surface area contributed by atoms with Crippen molar-refractivity contribution in [1.29, 1.82) is 0 Å². The second-order valence-corrected chi connectivity index (χ2v) is 7.45. The molecule has 1 aromatic rings. The van der Waals surface area contributed by atoms with Crippen LogP contribution in [0.15, 0.2) is 6.07 Å². The number of amides is 1. The van der Waals surface area contributed by atoms with E-state index in [2.05, 4.69) is 10.6 Å². The molecule has 0 aliphatic heterocycles. The number of halogens is 4. The number of ether oxygens (including phenoxy) is 1. The Hall–Kier alpha value is -0.720. The molecule has 0 aromatic heterocycles. The normalized spacial score (nSPS) is 16.4. The third kappa shape index (κ3) is 4.72. The number of esters is 1. The van der Waals surface area contributed by atoms with Crippen LogP contribution in [0.25, 0.3) is 0 Å². The third-order valence-electron chi connectivity index (χ3n) is 4.25. The van der Waals surface area contributed by atoms with Crippen molar-refractivity contribution < 1.29 is 14.3 Å². The Morgan fingerprint density at radius 2 is 1.64 bits per heavy atom. The molecule has 5 nitrogen and oxygen atoms in total. The highest BCUT2D eigenvalue weighted by Crippen LogP contribution is 2.41. The van der Waals surface area contributed by atoms with Crippen LogP contribution in [0.4, 0.5) is 5.69 Å². The van der Waals surface area contributed by atoms with Gasteiger partial charge in [-0.2, -0.15) is 0 Å². The van der Waals surface area contributed by atoms with E-state index in [1.807, 2.05) is 0 Å². The van der Waals surface area contributed by atoms with E-state index in [0.29, 0.717) is 12.8 Å². The second kappa shape index (κ2) is 8.78. The summed E-state index contributed by atoms with van der Waals surface area (Å²) in [6.45, 7) is -0.105. The molecule has 0 saturated heterocycles. The van der Waals surface area contributed by atoms with E-state index in [1.165, 1.54) is 13.2 Å². The molecule has 1 fully saturated rings. The Bertz CT molecular complexity index is 650. The summed E-state index contributed by atoms with van der Waals surface area (Å²) in [5.41, 5.74) is -0.701. The molecule has 1 saturated carbocycles. The minimum Gasteiger partial charge on any atom is -0.468 e. The molecule has 2 N–H and O–H groups in total. The molecule has 0 atom stereocenters. The smallest absolute Gasteiger partial charge is 0.326 e. The average molecular weight is 428 g/mol. The predicted octanol–water partition coefficient (Wildman–Crippen LogP) is 4.70. The minimum absolute atomic E-state index is 0.102. The van der Waals surface area contributed by atoms with Crippen LogP contribution in [0.2, 0.25) is 20.1 Å².